The lowest BCUT2D eigenvalue weighted by Crippen LogP contribution is -2.49. The maximum absolute atomic E-state index is 12.3. The highest BCUT2D eigenvalue weighted by Gasteiger charge is 2.33. The average molecular weight is 366 g/mol. The summed E-state index contributed by atoms with van der Waals surface area (Å²) in [7, 11) is 4.33. The zero-order valence-electron chi connectivity index (χ0n) is 15.5. The Labute approximate surface area is 158 Å². The molecule has 0 spiro atoms. The van der Waals surface area contributed by atoms with Crippen LogP contribution in [0.1, 0.15) is 11.1 Å². The summed E-state index contributed by atoms with van der Waals surface area (Å²) in [4.78, 5) is 26.3. The van der Waals surface area contributed by atoms with E-state index in [0.29, 0.717) is 5.69 Å². The number of amides is 2. The first-order valence-corrected chi connectivity index (χ1v) is 8.33. The van der Waals surface area contributed by atoms with Crippen LogP contribution in [0.4, 0.5) is 5.69 Å². The van der Waals surface area contributed by atoms with Gasteiger partial charge < -0.3 is 20.0 Å². The van der Waals surface area contributed by atoms with E-state index in [1.165, 1.54) is 26.0 Å². The highest BCUT2D eigenvalue weighted by atomic mass is 16.3. The van der Waals surface area contributed by atoms with Crippen LogP contribution in [-0.4, -0.2) is 60.3 Å². The molecule has 0 saturated heterocycles. The van der Waals surface area contributed by atoms with Crippen molar-refractivity contribution in [2.75, 3.05) is 26.0 Å². The van der Waals surface area contributed by atoms with Crippen LogP contribution in [-0.2, 0) is 9.59 Å². The maximum atomic E-state index is 12.3. The summed E-state index contributed by atoms with van der Waals surface area (Å²) in [5.41, 5.74) is 2.18. The molecule has 0 aliphatic heterocycles. The first-order chi connectivity index (χ1) is 12.8. The van der Waals surface area contributed by atoms with Gasteiger partial charge in [-0.05, 0) is 36.4 Å². The third-order valence-electron chi connectivity index (χ3n) is 3.96. The number of likely N-dealkylation sites (N-methyl/N-ethyl adjacent to an activating group) is 2. The van der Waals surface area contributed by atoms with Gasteiger partial charge in [0.1, 0.15) is 0 Å². The standard InChI is InChI=1S/C21H22N2O4/c1-22(2)20(26)18(24)19(25)21(27)23(3)17-13-11-16(12-14-17)10-9-15-7-5-4-6-8-15/h4-8,11-14,18-19,24-25H,1-3H3. The molecule has 2 unspecified atom stereocenters. The van der Waals surface area contributed by atoms with Crippen molar-refractivity contribution in [1.29, 1.82) is 0 Å². The Morgan fingerprint density at radius 2 is 1.26 bits per heavy atom. The quantitative estimate of drug-likeness (QED) is 0.787. The number of benzene rings is 2. The summed E-state index contributed by atoms with van der Waals surface area (Å²) < 4.78 is 0. The van der Waals surface area contributed by atoms with E-state index in [9.17, 15) is 19.8 Å². The molecule has 0 heterocycles. The minimum Gasteiger partial charge on any atom is -0.380 e. The van der Waals surface area contributed by atoms with E-state index in [4.69, 9.17) is 0 Å². The number of carbonyl (C=O) groups excluding carboxylic acids is 2. The number of hydrogen-bond donors (Lipinski definition) is 2. The second kappa shape index (κ2) is 8.99. The SMILES string of the molecule is CN(C)C(=O)C(O)C(O)C(=O)N(C)c1ccc(C#Cc2ccccc2)cc1. The van der Waals surface area contributed by atoms with Gasteiger partial charge in [0, 0.05) is 38.0 Å². The Hall–Kier alpha value is -3.14. The van der Waals surface area contributed by atoms with Gasteiger partial charge in [-0.15, -0.1) is 0 Å². The van der Waals surface area contributed by atoms with E-state index >= 15 is 0 Å². The Bertz CT molecular complexity index is 851. The molecule has 2 rings (SSSR count). The van der Waals surface area contributed by atoms with Crippen molar-refractivity contribution in [3.8, 4) is 11.8 Å². The Balaban J connectivity index is 2.08. The molecule has 0 aliphatic rings. The lowest BCUT2D eigenvalue weighted by Gasteiger charge is -2.24. The molecule has 2 aromatic rings. The monoisotopic (exact) mass is 366 g/mol. The minimum atomic E-state index is -1.84. The molecule has 140 valence electrons. The summed E-state index contributed by atoms with van der Waals surface area (Å²) in [6.45, 7) is 0. The van der Waals surface area contributed by atoms with Gasteiger partial charge in [-0.1, -0.05) is 30.0 Å². The van der Waals surface area contributed by atoms with E-state index in [2.05, 4.69) is 11.8 Å². The Morgan fingerprint density at radius 1 is 0.778 bits per heavy atom. The van der Waals surface area contributed by atoms with Crippen molar-refractivity contribution in [2.45, 2.75) is 12.2 Å². The molecule has 0 aliphatic carbocycles. The van der Waals surface area contributed by atoms with Crippen LogP contribution < -0.4 is 4.90 Å². The molecule has 0 bridgehead atoms. The number of carbonyl (C=O) groups is 2. The highest BCUT2D eigenvalue weighted by molar-refractivity contribution is 5.99. The smallest absolute Gasteiger partial charge is 0.258 e. The van der Waals surface area contributed by atoms with Gasteiger partial charge in [-0.25, -0.2) is 0 Å². The molecule has 0 radical (unpaired) electrons. The largest absolute Gasteiger partial charge is 0.380 e. The molecule has 6 heteroatoms. The molecule has 2 atom stereocenters. The second-order valence-corrected chi connectivity index (χ2v) is 6.18. The summed E-state index contributed by atoms with van der Waals surface area (Å²) in [5.74, 6) is 4.56. The number of aliphatic hydroxyl groups is 2. The fourth-order valence-electron chi connectivity index (χ4n) is 2.29. The summed E-state index contributed by atoms with van der Waals surface area (Å²) in [6, 6.07) is 16.4. The molecule has 2 N–H and O–H groups in total. The lowest BCUT2D eigenvalue weighted by molar-refractivity contribution is -0.149. The molecular weight excluding hydrogens is 344 g/mol. The van der Waals surface area contributed by atoms with Crippen LogP contribution in [0.2, 0.25) is 0 Å². The van der Waals surface area contributed by atoms with E-state index in [-0.39, 0.29) is 0 Å². The van der Waals surface area contributed by atoms with Crippen molar-refractivity contribution in [1.82, 2.24) is 4.90 Å². The fourth-order valence-corrected chi connectivity index (χ4v) is 2.29. The van der Waals surface area contributed by atoms with Crippen molar-refractivity contribution < 1.29 is 19.8 Å². The van der Waals surface area contributed by atoms with Gasteiger partial charge in [0.15, 0.2) is 12.2 Å². The molecular formula is C21H22N2O4. The van der Waals surface area contributed by atoms with Crippen molar-refractivity contribution >= 4 is 17.5 Å². The number of aliphatic hydroxyl groups excluding tert-OH is 2. The Kier molecular flexibility index (Phi) is 6.72. The van der Waals surface area contributed by atoms with E-state index in [1.54, 1.807) is 24.3 Å². The molecule has 0 fully saturated rings. The first-order valence-electron chi connectivity index (χ1n) is 8.33. The number of anilines is 1. The molecule has 6 nitrogen and oxygen atoms in total. The van der Waals surface area contributed by atoms with Crippen LogP contribution in [0.5, 0.6) is 0 Å². The van der Waals surface area contributed by atoms with Gasteiger partial charge in [0.25, 0.3) is 11.8 Å². The summed E-state index contributed by atoms with van der Waals surface area (Å²) in [5, 5.41) is 19.8. The zero-order valence-corrected chi connectivity index (χ0v) is 15.5. The van der Waals surface area contributed by atoms with Crippen LogP contribution >= 0.6 is 0 Å². The van der Waals surface area contributed by atoms with Crippen LogP contribution in [0.25, 0.3) is 0 Å². The molecule has 2 amide bonds. The first kappa shape index (κ1) is 20.2. The normalized spacial score (nSPS) is 12.3. The Morgan fingerprint density at radius 3 is 1.78 bits per heavy atom. The third kappa shape index (κ3) is 5.17. The number of rotatable bonds is 4. The molecule has 27 heavy (non-hydrogen) atoms. The van der Waals surface area contributed by atoms with Gasteiger partial charge >= 0.3 is 0 Å². The van der Waals surface area contributed by atoms with E-state index < -0.39 is 24.0 Å². The summed E-state index contributed by atoms with van der Waals surface area (Å²) >= 11 is 0. The van der Waals surface area contributed by atoms with E-state index in [1.807, 2.05) is 30.3 Å². The second-order valence-electron chi connectivity index (χ2n) is 6.18. The maximum Gasteiger partial charge on any atom is 0.258 e. The van der Waals surface area contributed by atoms with Gasteiger partial charge in [0.2, 0.25) is 0 Å². The topological polar surface area (TPSA) is 81.1 Å². The predicted octanol–water partition coefficient (Wildman–Crippen LogP) is 0.859. The van der Waals surface area contributed by atoms with Crippen LogP contribution in [0, 0.1) is 11.8 Å². The fraction of sp³-hybridized carbons (Fsp3) is 0.238. The highest BCUT2D eigenvalue weighted by Crippen LogP contribution is 2.16. The van der Waals surface area contributed by atoms with E-state index in [0.717, 1.165) is 16.0 Å². The zero-order chi connectivity index (χ0) is 20.0. The molecule has 2 aromatic carbocycles. The third-order valence-corrected chi connectivity index (χ3v) is 3.96. The van der Waals surface area contributed by atoms with Crippen LogP contribution in [0.15, 0.2) is 54.6 Å². The van der Waals surface area contributed by atoms with Crippen LogP contribution in [0.3, 0.4) is 0 Å². The molecule has 0 aromatic heterocycles. The van der Waals surface area contributed by atoms with Gasteiger partial charge in [-0.3, -0.25) is 9.59 Å². The number of nitrogens with zero attached hydrogens (tertiary/aromatic N) is 2. The molecule has 0 saturated carbocycles. The van der Waals surface area contributed by atoms with Gasteiger partial charge in [0.05, 0.1) is 0 Å². The van der Waals surface area contributed by atoms with Crippen molar-refractivity contribution in [3.63, 3.8) is 0 Å². The average Bonchev–Trinajstić information content (AvgIpc) is 2.70. The van der Waals surface area contributed by atoms with Gasteiger partial charge in [-0.2, -0.15) is 0 Å². The lowest BCUT2D eigenvalue weighted by atomic mass is 10.1. The minimum absolute atomic E-state index is 0.508. The number of hydrogen-bond acceptors (Lipinski definition) is 4. The van der Waals surface area contributed by atoms with Crippen molar-refractivity contribution in [2.24, 2.45) is 0 Å². The van der Waals surface area contributed by atoms with Crippen molar-refractivity contribution in [3.05, 3.63) is 65.7 Å². The predicted molar refractivity (Wildman–Crippen MR) is 103 cm³/mol. The summed E-state index contributed by atoms with van der Waals surface area (Å²) in [6.07, 6.45) is -3.66.